The van der Waals surface area contributed by atoms with Crippen molar-refractivity contribution in [3.8, 4) is 23.0 Å². The summed E-state index contributed by atoms with van der Waals surface area (Å²) in [6.45, 7) is -0.198. The lowest BCUT2D eigenvalue weighted by Gasteiger charge is -2.19. The number of likely N-dealkylation sites (N-methyl/N-ethyl adjacent to an activating group) is 1. The third-order valence-electron chi connectivity index (χ3n) is 5.45. The van der Waals surface area contributed by atoms with Crippen molar-refractivity contribution in [1.82, 2.24) is 19.7 Å². The van der Waals surface area contributed by atoms with Gasteiger partial charge in [0, 0.05) is 30.4 Å². The minimum Gasteiger partial charge on any atom is -0.334 e. The minimum absolute atomic E-state index is 0.177. The van der Waals surface area contributed by atoms with Crippen LogP contribution in [0.2, 0.25) is 0 Å². The van der Waals surface area contributed by atoms with Gasteiger partial charge in [-0.05, 0) is 42.5 Å². The van der Waals surface area contributed by atoms with Crippen molar-refractivity contribution in [2.75, 3.05) is 11.9 Å². The molecular formula is C25H18FN5O3. The maximum Gasteiger partial charge on any atom is 0.259 e. The maximum absolute atomic E-state index is 13.2. The highest BCUT2D eigenvalue weighted by atomic mass is 19.1. The van der Waals surface area contributed by atoms with E-state index in [1.807, 2.05) is 18.2 Å². The van der Waals surface area contributed by atoms with E-state index in [1.54, 1.807) is 37.5 Å². The molecule has 0 saturated heterocycles. The Kier molecular flexibility index (Phi) is 5.43. The molecule has 0 radical (unpaired) electrons. The van der Waals surface area contributed by atoms with Crippen LogP contribution in [0.4, 0.5) is 10.1 Å². The topological polar surface area (TPSA) is 94.1 Å². The monoisotopic (exact) mass is 455 g/mol. The average molecular weight is 455 g/mol. The Hall–Kier alpha value is -4.66. The van der Waals surface area contributed by atoms with Gasteiger partial charge in [0.2, 0.25) is 11.7 Å². The number of rotatable bonds is 5. The first-order chi connectivity index (χ1) is 16.5. The fourth-order valence-electron chi connectivity index (χ4n) is 3.66. The molecule has 0 aliphatic heterocycles. The van der Waals surface area contributed by atoms with Crippen LogP contribution in [-0.4, -0.2) is 32.6 Å². The quantitative estimate of drug-likeness (QED) is 0.399. The molecule has 0 saturated carbocycles. The lowest BCUT2D eigenvalue weighted by atomic mass is 10.1. The van der Waals surface area contributed by atoms with Crippen LogP contribution in [0.5, 0.6) is 0 Å². The zero-order valence-electron chi connectivity index (χ0n) is 18.1. The van der Waals surface area contributed by atoms with Crippen LogP contribution in [0.3, 0.4) is 0 Å². The molecule has 0 N–H and O–H groups in total. The molecule has 0 fully saturated rings. The summed E-state index contributed by atoms with van der Waals surface area (Å²) in [4.78, 5) is 36.0. The Bertz CT molecular complexity index is 1540. The van der Waals surface area contributed by atoms with Crippen molar-refractivity contribution >= 4 is 22.5 Å². The summed E-state index contributed by atoms with van der Waals surface area (Å²) in [5, 5.41) is 4.66. The van der Waals surface area contributed by atoms with Gasteiger partial charge in [0.25, 0.3) is 11.4 Å². The van der Waals surface area contributed by atoms with Crippen LogP contribution in [-0.2, 0) is 11.3 Å². The second-order valence-electron chi connectivity index (χ2n) is 7.57. The van der Waals surface area contributed by atoms with E-state index >= 15 is 0 Å². The largest absolute Gasteiger partial charge is 0.334 e. The Balaban J connectivity index is 1.52. The van der Waals surface area contributed by atoms with Crippen LogP contribution in [0.1, 0.15) is 0 Å². The van der Waals surface area contributed by atoms with Crippen LogP contribution < -0.4 is 10.5 Å². The standard InChI is InChI=1S/C25H18FN5O3/c1-30(17-11-9-16(26)10-12-17)23(33)15-31-21-8-3-2-6-18(21)19(14-22(31)32)25-28-24(29-34-25)20-7-4-5-13-27-20/h2-14H,15H2,1H3. The van der Waals surface area contributed by atoms with Crippen LogP contribution in [0.25, 0.3) is 33.9 Å². The first kappa shape index (κ1) is 21.2. The maximum atomic E-state index is 13.2. The SMILES string of the molecule is CN(C(=O)Cn1c(=O)cc(-c2nc(-c3ccccn3)no2)c2ccccc21)c1ccc(F)cc1. The summed E-state index contributed by atoms with van der Waals surface area (Å²) in [5.41, 5.74) is 1.68. The van der Waals surface area contributed by atoms with Gasteiger partial charge >= 0.3 is 0 Å². The van der Waals surface area contributed by atoms with E-state index in [1.165, 1.54) is 39.8 Å². The summed E-state index contributed by atoms with van der Waals surface area (Å²) in [7, 11) is 1.58. The number of halogens is 1. The summed E-state index contributed by atoms with van der Waals surface area (Å²) < 4.78 is 20.1. The zero-order chi connectivity index (χ0) is 23.7. The number of amides is 1. The lowest BCUT2D eigenvalue weighted by molar-refractivity contribution is -0.118. The van der Waals surface area contributed by atoms with E-state index in [4.69, 9.17) is 4.52 Å². The van der Waals surface area contributed by atoms with Crippen molar-refractivity contribution < 1.29 is 13.7 Å². The van der Waals surface area contributed by atoms with Crippen molar-refractivity contribution in [3.05, 3.63) is 95.2 Å². The first-order valence-corrected chi connectivity index (χ1v) is 10.4. The molecule has 0 bridgehead atoms. The molecule has 5 rings (SSSR count). The van der Waals surface area contributed by atoms with Crippen LogP contribution >= 0.6 is 0 Å². The Morgan fingerprint density at radius 3 is 2.59 bits per heavy atom. The van der Waals surface area contributed by atoms with Crippen molar-refractivity contribution in [3.63, 3.8) is 0 Å². The van der Waals surface area contributed by atoms with E-state index in [-0.39, 0.29) is 18.3 Å². The number of benzene rings is 2. The lowest BCUT2D eigenvalue weighted by Crippen LogP contribution is -2.34. The zero-order valence-corrected chi connectivity index (χ0v) is 18.1. The van der Waals surface area contributed by atoms with Gasteiger partial charge in [-0.25, -0.2) is 4.39 Å². The van der Waals surface area contributed by atoms with Gasteiger partial charge in [0.1, 0.15) is 18.1 Å². The Morgan fingerprint density at radius 1 is 1.06 bits per heavy atom. The van der Waals surface area contributed by atoms with Crippen LogP contribution in [0, 0.1) is 5.82 Å². The highest BCUT2D eigenvalue weighted by Crippen LogP contribution is 2.27. The van der Waals surface area contributed by atoms with E-state index < -0.39 is 11.4 Å². The smallest absolute Gasteiger partial charge is 0.259 e. The molecule has 0 atom stereocenters. The first-order valence-electron chi connectivity index (χ1n) is 10.4. The number of pyridine rings is 2. The molecular weight excluding hydrogens is 437 g/mol. The molecule has 3 heterocycles. The molecule has 3 aromatic heterocycles. The summed E-state index contributed by atoms with van der Waals surface area (Å²) in [6, 6.07) is 19.5. The van der Waals surface area contributed by atoms with Crippen molar-refractivity contribution in [2.24, 2.45) is 0 Å². The average Bonchev–Trinajstić information content (AvgIpc) is 3.36. The molecule has 1 amide bonds. The Labute approximate surface area is 192 Å². The summed E-state index contributed by atoms with van der Waals surface area (Å²) in [5.74, 6) is -0.243. The number of nitrogens with zero attached hydrogens (tertiary/aromatic N) is 5. The van der Waals surface area contributed by atoms with Gasteiger partial charge in [-0.15, -0.1) is 0 Å². The molecule has 0 aliphatic carbocycles. The highest BCUT2D eigenvalue weighted by Gasteiger charge is 2.19. The van der Waals surface area contributed by atoms with E-state index in [2.05, 4.69) is 15.1 Å². The second-order valence-corrected chi connectivity index (χ2v) is 7.57. The van der Waals surface area contributed by atoms with E-state index in [0.717, 1.165) is 0 Å². The number of para-hydroxylation sites is 1. The molecule has 8 nitrogen and oxygen atoms in total. The van der Waals surface area contributed by atoms with Gasteiger partial charge in [0.05, 0.1) is 11.1 Å². The van der Waals surface area contributed by atoms with Gasteiger partial charge in [-0.1, -0.05) is 29.4 Å². The number of anilines is 1. The third-order valence-corrected chi connectivity index (χ3v) is 5.45. The van der Waals surface area contributed by atoms with Gasteiger partial charge in [-0.3, -0.25) is 19.1 Å². The predicted molar refractivity (Wildman–Crippen MR) is 125 cm³/mol. The number of carbonyl (C=O) groups excluding carboxylic acids is 1. The fraction of sp³-hybridized carbons (Fsp3) is 0.0800. The number of hydrogen-bond donors (Lipinski definition) is 0. The summed E-state index contributed by atoms with van der Waals surface area (Å²) >= 11 is 0. The number of aromatic nitrogens is 4. The summed E-state index contributed by atoms with van der Waals surface area (Å²) in [6.07, 6.45) is 1.63. The second kappa shape index (κ2) is 8.70. The van der Waals surface area contributed by atoms with Crippen molar-refractivity contribution in [2.45, 2.75) is 6.54 Å². The third kappa shape index (κ3) is 3.95. The molecule has 34 heavy (non-hydrogen) atoms. The molecule has 5 aromatic rings. The van der Waals surface area contributed by atoms with E-state index in [0.29, 0.717) is 33.7 Å². The number of carbonyl (C=O) groups is 1. The molecule has 0 unspecified atom stereocenters. The van der Waals surface area contributed by atoms with Gasteiger partial charge < -0.3 is 9.42 Å². The normalized spacial score (nSPS) is 11.0. The predicted octanol–water partition coefficient (Wildman–Crippen LogP) is 3.92. The molecule has 0 spiro atoms. The molecule has 2 aromatic carbocycles. The van der Waals surface area contributed by atoms with Crippen LogP contribution in [0.15, 0.2) is 88.3 Å². The number of hydrogen-bond acceptors (Lipinski definition) is 6. The minimum atomic E-state index is -0.396. The van der Waals surface area contributed by atoms with Gasteiger partial charge in [0.15, 0.2) is 0 Å². The Morgan fingerprint density at radius 2 is 1.82 bits per heavy atom. The van der Waals surface area contributed by atoms with E-state index in [9.17, 15) is 14.0 Å². The molecule has 0 aliphatic rings. The van der Waals surface area contributed by atoms with Gasteiger partial charge in [-0.2, -0.15) is 4.98 Å². The fourth-order valence-corrected chi connectivity index (χ4v) is 3.66. The molecule has 9 heteroatoms. The molecule has 168 valence electrons. The number of fused-ring (bicyclic) bond motifs is 1. The van der Waals surface area contributed by atoms with Crippen molar-refractivity contribution in [1.29, 1.82) is 0 Å². The highest BCUT2D eigenvalue weighted by molar-refractivity contribution is 5.96.